The molecule has 29 heavy (non-hydrogen) atoms. The van der Waals surface area contributed by atoms with E-state index in [-0.39, 0.29) is 29.7 Å². The summed E-state index contributed by atoms with van der Waals surface area (Å²) in [7, 11) is 0. The number of hydrogen-bond donors (Lipinski definition) is 1. The lowest BCUT2D eigenvalue weighted by Crippen LogP contribution is -2.60. The van der Waals surface area contributed by atoms with Gasteiger partial charge in [0.25, 0.3) is 0 Å². The van der Waals surface area contributed by atoms with Gasteiger partial charge in [0, 0.05) is 30.3 Å². The Morgan fingerprint density at radius 3 is 2.34 bits per heavy atom. The Morgan fingerprint density at radius 1 is 1.00 bits per heavy atom. The van der Waals surface area contributed by atoms with Gasteiger partial charge < -0.3 is 19.7 Å². The van der Waals surface area contributed by atoms with E-state index in [9.17, 15) is 9.59 Å². The third-order valence-corrected chi connectivity index (χ3v) is 7.76. The van der Waals surface area contributed by atoms with Gasteiger partial charge in [0.1, 0.15) is 13.2 Å². The number of hydrogen-bond acceptors (Lipinski definition) is 4. The molecular weight excluding hydrogens is 368 g/mol. The van der Waals surface area contributed by atoms with Crippen LogP contribution in [0, 0.1) is 23.7 Å². The summed E-state index contributed by atoms with van der Waals surface area (Å²) in [6.45, 7) is 1.50. The van der Waals surface area contributed by atoms with Crippen LogP contribution in [0.3, 0.4) is 0 Å². The van der Waals surface area contributed by atoms with Gasteiger partial charge in [-0.1, -0.05) is 0 Å². The normalized spacial score (nSPS) is 37.1. The van der Waals surface area contributed by atoms with Crippen molar-refractivity contribution in [3.05, 3.63) is 18.2 Å². The Balaban J connectivity index is 1.16. The molecule has 4 saturated carbocycles. The van der Waals surface area contributed by atoms with Gasteiger partial charge >= 0.3 is 0 Å². The molecule has 7 rings (SSSR count). The molecule has 2 aliphatic heterocycles. The molecule has 2 amide bonds. The Labute approximate surface area is 170 Å². The number of amides is 2. The molecule has 1 atom stereocenters. The number of fused-ring (bicyclic) bond motifs is 1. The third kappa shape index (κ3) is 2.99. The molecule has 1 aromatic carbocycles. The summed E-state index contributed by atoms with van der Waals surface area (Å²) in [5, 5.41) is 3.45. The van der Waals surface area contributed by atoms with Crippen LogP contribution in [0.1, 0.15) is 44.9 Å². The van der Waals surface area contributed by atoms with Gasteiger partial charge in [-0.15, -0.1) is 0 Å². The predicted octanol–water partition coefficient (Wildman–Crippen LogP) is 2.90. The van der Waals surface area contributed by atoms with Gasteiger partial charge in [0.05, 0.1) is 5.92 Å². The lowest BCUT2D eigenvalue weighted by molar-refractivity contribution is -0.131. The second kappa shape index (κ2) is 6.38. The van der Waals surface area contributed by atoms with E-state index in [1.165, 1.54) is 19.3 Å². The highest BCUT2D eigenvalue weighted by molar-refractivity contribution is 6.00. The number of nitrogens with zero attached hydrogens (tertiary/aromatic N) is 1. The molecule has 0 radical (unpaired) electrons. The van der Waals surface area contributed by atoms with E-state index < -0.39 is 0 Å². The molecule has 4 aliphatic carbocycles. The van der Waals surface area contributed by atoms with Crippen LogP contribution in [0.5, 0.6) is 11.5 Å². The van der Waals surface area contributed by atoms with Gasteiger partial charge in [-0.05, 0) is 68.4 Å². The SMILES string of the molecule is O=C(NC12CC3CC(CC(C3)C1)C2)[C@@H]1CC(=O)N(c2ccc3c(c2)OCCO3)C1. The van der Waals surface area contributed by atoms with Crippen LogP contribution in [-0.2, 0) is 9.59 Å². The van der Waals surface area contributed by atoms with Crippen molar-refractivity contribution in [2.75, 3.05) is 24.7 Å². The van der Waals surface area contributed by atoms with Crippen molar-refractivity contribution in [2.45, 2.75) is 50.5 Å². The Bertz CT molecular complexity index is 831. The van der Waals surface area contributed by atoms with Crippen molar-refractivity contribution in [3.63, 3.8) is 0 Å². The molecule has 0 spiro atoms. The van der Waals surface area contributed by atoms with Crippen LogP contribution in [-0.4, -0.2) is 37.1 Å². The Hall–Kier alpha value is -2.24. The van der Waals surface area contributed by atoms with E-state index in [0.717, 1.165) is 42.7 Å². The summed E-state index contributed by atoms with van der Waals surface area (Å²) in [5.74, 6) is 3.56. The number of carbonyl (C=O) groups excluding carboxylic acids is 2. The molecule has 4 bridgehead atoms. The van der Waals surface area contributed by atoms with E-state index >= 15 is 0 Å². The van der Waals surface area contributed by atoms with Gasteiger partial charge in [-0.2, -0.15) is 0 Å². The maximum atomic E-state index is 13.2. The number of benzene rings is 1. The first-order valence-electron chi connectivity index (χ1n) is 11.1. The van der Waals surface area contributed by atoms with Crippen molar-refractivity contribution < 1.29 is 19.1 Å². The molecule has 0 aromatic heterocycles. The molecule has 154 valence electrons. The summed E-state index contributed by atoms with van der Waals surface area (Å²) < 4.78 is 11.2. The number of carbonyl (C=O) groups is 2. The zero-order valence-electron chi connectivity index (χ0n) is 16.7. The average Bonchev–Trinajstić information content (AvgIpc) is 3.08. The highest BCUT2D eigenvalue weighted by atomic mass is 16.6. The zero-order valence-corrected chi connectivity index (χ0v) is 16.7. The standard InChI is InChI=1S/C23H28N2O4/c26-21-8-17(13-25(21)18-1-2-19-20(9-18)29-4-3-28-19)22(27)24-23-10-14-5-15(11-23)7-16(6-14)12-23/h1-2,9,14-17H,3-8,10-13H2,(H,24,27)/t14?,15?,16?,17-,23?/m1/s1. The minimum atomic E-state index is -0.274. The van der Waals surface area contributed by atoms with Crippen LogP contribution >= 0.6 is 0 Å². The molecule has 1 saturated heterocycles. The van der Waals surface area contributed by atoms with Gasteiger partial charge in [-0.3, -0.25) is 9.59 Å². The fourth-order valence-corrected chi connectivity index (χ4v) is 6.96. The largest absolute Gasteiger partial charge is 0.486 e. The summed E-state index contributed by atoms with van der Waals surface area (Å²) in [4.78, 5) is 27.6. The monoisotopic (exact) mass is 396 g/mol. The number of ether oxygens (including phenoxy) is 2. The summed E-state index contributed by atoms with van der Waals surface area (Å²) in [6.07, 6.45) is 7.76. The minimum Gasteiger partial charge on any atom is -0.486 e. The van der Waals surface area contributed by atoms with Crippen LogP contribution in [0.25, 0.3) is 0 Å². The molecule has 6 aliphatic rings. The first-order valence-corrected chi connectivity index (χ1v) is 11.1. The maximum Gasteiger partial charge on any atom is 0.227 e. The van der Waals surface area contributed by atoms with E-state index in [1.54, 1.807) is 4.90 Å². The Morgan fingerprint density at radius 2 is 1.66 bits per heavy atom. The Kier molecular flexibility index (Phi) is 3.87. The topological polar surface area (TPSA) is 67.9 Å². The second-order valence-electron chi connectivity index (χ2n) is 9.92. The van der Waals surface area contributed by atoms with E-state index in [0.29, 0.717) is 31.3 Å². The molecule has 6 nitrogen and oxygen atoms in total. The van der Waals surface area contributed by atoms with Gasteiger partial charge in [0.15, 0.2) is 11.5 Å². The number of rotatable bonds is 3. The lowest BCUT2D eigenvalue weighted by atomic mass is 9.53. The highest BCUT2D eigenvalue weighted by Crippen LogP contribution is 2.55. The molecule has 1 aromatic rings. The third-order valence-electron chi connectivity index (χ3n) is 7.76. The number of anilines is 1. The van der Waals surface area contributed by atoms with Crippen molar-refractivity contribution >= 4 is 17.5 Å². The van der Waals surface area contributed by atoms with E-state index in [2.05, 4.69) is 5.32 Å². The molecule has 1 N–H and O–H groups in total. The molecular formula is C23H28N2O4. The summed E-state index contributed by atoms with van der Waals surface area (Å²) in [5.41, 5.74) is 0.781. The van der Waals surface area contributed by atoms with Crippen molar-refractivity contribution in [1.29, 1.82) is 0 Å². The van der Waals surface area contributed by atoms with Crippen molar-refractivity contribution in [1.82, 2.24) is 5.32 Å². The fourth-order valence-electron chi connectivity index (χ4n) is 6.96. The van der Waals surface area contributed by atoms with Gasteiger partial charge in [0.2, 0.25) is 11.8 Å². The second-order valence-corrected chi connectivity index (χ2v) is 9.92. The first kappa shape index (κ1) is 17.6. The van der Waals surface area contributed by atoms with E-state index in [1.807, 2.05) is 18.2 Å². The lowest BCUT2D eigenvalue weighted by Gasteiger charge is -2.57. The average molecular weight is 396 g/mol. The van der Waals surface area contributed by atoms with Crippen molar-refractivity contribution in [2.24, 2.45) is 23.7 Å². The molecule has 5 fully saturated rings. The summed E-state index contributed by atoms with van der Waals surface area (Å²) in [6, 6.07) is 5.58. The molecule has 6 heteroatoms. The first-order chi connectivity index (χ1) is 14.1. The highest BCUT2D eigenvalue weighted by Gasteiger charge is 2.52. The predicted molar refractivity (Wildman–Crippen MR) is 107 cm³/mol. The molecule has 0 unspecified atom stereocenters. The summed E-state index contributed by atoms with van der Waals surface area (Å²) >= 11 is 0. The van der Waals surface area contributed by atoms with Crippen LogP contribution < -0.4 is 19.7 Å². The minimum absolute atomic E-state index is 0.000695. The van der Waals surface area contributed by atoms with Crippen LogP contribution in [0.2, 0.25) is 0 Å². The quantitative estimate of drug-likeness (QED) is 0.853. The maximum absolute atomic E-state index is 13.2. The molecule has 2 heterocycles. The van der Waals surface area contributed by atoms with Crippen LogP contribution in [0.15, 0.2) is 18.2 Å². The van der Waals surface area contributed by atoms with Crippen molar-refractivity contribution in [3.8, 4) is 11.5 Å². The zero-order chi connectivity index (χ0) is 19.6. The van der Waals surface area contributed by atoms with Crippen LogP contribution in [0.4, 0.5) is 5.69 Å². The number of nitrogens with one attached hydrogen (secondary N) is 1. The van der Waals surface area contributed by atoms with Gasteiger partial charge in [-0.25, -0.2) is 0 Å². The fraction of sp³-hybridized carbons (Fsp3) is 0.652. The van der Waals surface area contributed by atoms with E-state index in [4.69, 9.17) is 9.47 Å². The smallest absolute Gasteiger partial charge is 0.227 e.